The van der Waals surface area contributed by atoms with Crippen LogP contribution in [0.5, 0.6) is 0 Å². The highest BCUT2D eigenvalue weighted by Gasteiger charge is 2.08. The number of guanidine groups is 1. The third-order valence-electron chi connectivity index (χ3n) is 3.27. The molecule has 6 heteroatoms. The summed E-state index contributed by atoms with van der Waals surface area (Å²) in [5.41, 5.74) is 1.23. The van der Waals surface area contributed by atoms with Crippen molar-refractivity contribution >= 4 is 23.6 Å². The predicted octanol–water partition coefficient (Wildman–Crippen LogP) is 1.89. The third-order valence-corrected chi connectivity index (χ3v) is 4.02. The Hall–Kier alpha value is -1.69. The standard InChI is InChI=1S/C16H26N4OS/c1-17-16(18-11-10-15(21)19(2)3)20(4)12-13-6-8-14(22-5)9-7-13/h6-9H,10-12H2,1-5H3,(H,17,18). The van der Waals surface area contributed by atoms with Crippen LogP contribution in [0.2, 0.25) is 0 Å². The van der Waals surface area contributed by atoms with E-state index in [0.717, 1.165) is 12.5 Å². The van der Waals surface area contributed by atoms with Gasteiger partial charge in [0.2, 0.25) is 5.91 Å². The van der Waals surface area contributed by atoms with Crippen LogP contribution in [0.25, 0.3) is 0 Å². The largest absolute Gasteiger partial charge is 0.356 e. The average Bonchev–Trinajstić information content (AvgIpc) is 2.51. The van der Waals surface area contributed by atoms with Gasteiger partial charge in [-0.1, -0.05) is 12.1 Å². The summed E-state index contributed by atoms with van der Waals surface area (Å²) in [5, 5.41) is 3.22. The molecule has 1 aromatic rings. The minimum absolute atomic E-state index is 0.110. The van der Waals surface area contributed by atoms with Crippen molar-refractivity contribution in [2.45, 2.75) is 17.9 Å². The van der Waals surface area contributed by atoms with Crippen molar-refractivity contribution in [2.75, 3.05) is 41.0 Å². The Morgan fingerprint density at radius 2 is 1.86 bits per heavy atom. The molecule has 0 radical (unpaired) electrons. The summed E-state index contributed by atoms with van der Waals surface area (Å²) < 4.78 is 0. The van der Waals surface area contributed by atoms with Crippen molar-refractivity contribution in [1.29, 1.82) is 0 Å². The number of carbonyl (C=O) groups is 1. The van der Waals surface area contributed by atoms with Gasteiger partial charge in [0.05, 0.1) is 0 Å². The highest BCUT2D eigenvalue weighted by atomic mass is 32.2. The van der Waals surface area contributed by atoms with Crippen LogP contribution >= 0.6 is 11.8 Å². The Kier molecular flexibility index (Phi) is 7.80. The van der Waals surface area contributed by atoms with Gasteiger partial charge in [0.25, 0.3) is 0 Å². The first kappa shape index (κ1) is 18.4. The number of hydrogen-bond acceptors (Lipinski definition) is 3. The molecule has 0 aromatic heterocycles. The number of thioether (sulfide) groups is 1. The molecular weight excluding hydrogens is 296 g/mol. The number of amides is 1. The van der Waals surface area contributed by atoms with E-state index in [4.69, 9.17) is 0 Å². The van der Waals surface area contributed by atoms with E-state index in [0.29, 0.717) is 13.0 Å². The maximum absolute atomic E-state index is 11.6. The molecule has 1 N–H and O–H groups in total. The summed E-state index contributed by atoms with van der Waals surface area (Å²) >= 11 is 1.74. The van der Waals surface area contributed by atoms with Crippen LogP contribution < -0.4 is 5.32 Å². The molecule has 122 valence electrons. The molecule has 1 aromatic carbocycles. The van der Waals surface area contributed by atoms with Gasteiger partial charge in [-0.3, -0.25) is 9.79 Å². The van der Waals surface area contributed by atoms with E-state index in [9.17, 15) is 4.79 Å². The molecule has 0 aliphatic heterocycles. The lowest BCUT2D eigenvalue weighted by Crippen LogP contribution is -2.40. The summed E-state index contributed by atoms with van der Waals surface area (Å²) in [6.45, 7) is 1.36. The van der Waals surface area contributed by atoms with Crippen molar-refractivity contribution in [1.82, 2.24) is 15.1 Å². The number of benzene rings is 1. The van der Waals surface area contributed by atoms with E-state index in [1.54, 1.807) is 37.8 Å². The van der Waals surface area contributed by atoms with Gasteiger partial charge in [-0.2, -0.15) is 0 Å². The smallest absolute Gasteiger partial charge is 0.223 e. The number of nitrogens with zero attached hydrogens (tertiary/aromatic N) is 3. The molecule has 0 saturated heterocycles. The Morgan fingerprint density at radius 1 is 1.23 bits per heavy atom. The van der Waals surface area contributed by atoms with E-state index in [1.807, 2.05) is 11.9 Å². The van der Waals surface area contributed by atoms with Gasteiger partial charge >= 0.3 is 0 Å². The maximum atomic E-state index is 11.6. The summed E-state index contributed by atoms with van der Waals surface area (Å²) in [6.07, 6.45) is 2.53. The first-order valence-electron chi connectivity index (χ1n) is 7.22. The zero-order chi connectivity index (χ0) is 16.5. The second-order valence-corrected chi connectivity index (χ2v) is 6.10. The topological polar surface area (TPSA) is 47.9 Å². The summed E-state index contributed by atoms with van der Waals surface area (Å²) in [4.78, 5) is 20.7. The Bertz CT molecular complexity index is 499. The SMILES string of the molecule is CN=C(NCCC(=O)N(C)C)N(C)Cc1ccc(SC)cc1. The lowest BCUT2D eigenvalue weighted by Gasteiger charge is -2.22. The maximum Gasteiger partial charge on any atom is 0.223 e. The molecule has 0 aliphatic carbocycles. The quantitative estimate of drug-likeness (QED) is 0.494. The zero-order valence-electron chi connectivity index (χ0n) is 14.1. The number of hydrogen-bond donors (Lipinski definition) is 1. The average molecular weight is 322 g/mol. The molecule has 0 bridgehead atoms. The van der Waals surface area contributed by atoms with Gasteiger partial charge in [0.1, 0.15) is 0 Å². The van der Waals surface area contributed by atoms with Crippen molar-refractivity contribution in [3.8, 4) is 0 Å². The Labute approximate surface area is 137 Å². The first-order chi connectivity index (χ1) is 10.5. The highest BCUT2D eigenvalue weighted by molar-refractivity contribution is 7.98. The number of rotatable bonds is 6. The van der Waals surface area contributed by atoms with Crippen LogP contribution in [-0.2, 0) is 11.3 Å². The van der Waals surface area contributed by atoms with Crippen LogP contribution in [0.4, 0.5) is 0 Å². The summed E-state index contributed by atoms with van der Waals surface area (Å²) in [5.74, 6) is 0.902. The lowest BCUT2D eigenvalue weighted by atomic mass is 10.2. The Morgan fingerprint density at radius 3 is 2.36 bits per heavy atom. The van der Waals surface area contributed by atoms with Crippen molar-refractivity contribution in [3.05, 3.63) is 29.8 Å². The molecule has 1 amide bonds. The lowest BCUT2D eigenvalue weighted by molar-refractivity contribution is -0.128. The van der Waals surface area contributed by atoms with Crippen LogP contribution in [0.3, 0.4) is 0 Å². The van der Waals surface area contributed by atoms with Gasteiger partial charge in [-0.05, 0) is 24.0 Å². The number of carbonyl (C=O) groups excluding carboxylic acids is 1. The highest BCUT2D eigenvalue weighted by Crippen LogP contribution is 2.15. The van der Waals surface area contributed by atoms with Crippen LogP contribution in [0.15, 0.2) is 34.2 Å². The number of nitrogens with one attached hydrogen (secondary N) is 1. The molecule has 1 rings (SSSR count). The second-order valence-electron chi connectivity index (χ2n) is 5.22. The van der Waals surface area contributed by atoms with E-state index >= 15 is 0 Å². The fourth-order valence-electron chi connectivity index (χ4n) is 1.97. The van der Waals surface area contributed by atoms with E-state index < -0.39 is 0 Å². The summed E-state index contributed by atoms with van der Waals surface area (Å²) in [6, 6.07) is 8.51. The molecular formula is C16H26N4OS. The van der Waals surface area contributed by atoms with Gasteiger partial charge in [-0.25, -0.2) is 0 Å². The van der Waals surface area contributed by atoms with E-state index in [2.05, 4.69) is 40.8 Å². The van der Waals surface area contributed by atoms with Crippen LogP contribution in [0.1, 0.15) is 12.0 Å². The molecule has 0 atom stereocenters. The molecule has 0 heterocycles. The van der Waals surface area contributed by atoms with E-state index in [-0.39, 0.29) is 5.91 Å². The predicted molar refractivity (Wildman–Crippen MR) is 94.4 cm³/mol. The van der Waals surface area contributed by atoms with Gasteiger partial charge in [0, 0.05) is 52.6 Å². The van der Waals surface area contributed by atoms with Crippen molar-refractivity contribution < 1.29 is 4.79 Å². The normalized spacial score (nSPS) is 11.2. The first-order valence-corrected chi connectivity index (χ1v) is 8.45. The molecule has 22 heavy (non-hydrogen) atoms. The van der Waals surface area contributed by atoms with Crippen molar-refractivity contribution in [3.63, 3.8) is 0 Å². The van der Waals surface area contributed by atoms with Crippen LogP contribution in [0, 0.1) is 0 Å². The molecule has 0 spiro atoms. The van der Waals surface area contributed by atoms with Crippen LogP contribution in [-0.4, -0.2) is 62.7 Å². The van der Waals surface area contributed by atoms with Gasteiger partial charge in [-0.15, -0.1) is 11.8 Å². The van der Waals surface area contributed by atoms with Crippen molar-refractivity contribution in [2.24, 2.45) is 4.99 Å². The zero-order valence-corrected chi connectivity index (χ0v) is 14.9. The van der Waals surface area contributed by atoms with Gasteiger partial charge < -0.3 is 15.1 Å². The molecule has 0 aliphatic rings. The molecule has 0 fully saturated rings. The fourth-order valence-corrected chi connectivity index (χ4v) is 2.38. The third kappa shape index (κ3) is 5.97. The second kappa shape index (κ2) is 9.35. The molecule has 5 nitrogen and oxygen atoms in total. The number of aliphatic imine (C=N–C) groups is 1. The minimum atomic E-state index is 0.110. The molecule has 0 saturated carbocycles. The fraction of sp³-hybridized carbons (Fsp3) is 0.500. The summed E-state index contributed by atoms with van der Waals surface area (Å²) in [7, 11) is 7.28. The van der Waals surface area contributed by atoms with E-state index in [1.165, 1.54) is 10.5 Å². The Balaban J connectivity index is 2.50. The van der Waals surface area contributed by atoms with Gasteiger partial charge in [0.15, 0.2) is 5.96 Å². The minimum Gasteiger partial charge on any atom is -0.356 e. The monoisotopic (exact) mass is 322 g/mol. The molecule has 0 unspecified atom stereocenters.